The number of ether oxygens (including phenoxy) is 3. The maximum atomic E-state index is 12.7. The minimum atomic E-state index is -1.37. The Labute approximate surface area is 271 Å². The molecule has 9 heteroatoms. The van der Waals surface area contributed by atoms with Crippen molar-refractivity contribution in [2.24, 2.45) is 0 Å². The summed E-state index contributed by atoms with van der Waals surface area (Å²) in [5.41, 5.74) is 1.86. The van der Waals surface area contributed by atoms with Gasteiger partial charge in [-0.25, -0.2) is 0 Å². The van der Waals surface area contributed by atoms with Gasteiger partial charge in [0, 0.05) is 54.1 Å². The van der Waals surface area contributed by atoms with Crippen LogP contribution in [0.15, 0.2) is 64.8 Å². The highest BCUT2D eigenvalue weighted by atomic mass is 32.1. The summed E-state index contributed by atoms with van der Waals surface area (Å²) in [6.45, 7) is 7.11. The molecule has 0 aliphatic carbocycles. The van der Waals surface area contributed by atoms with Gasteiger partial charge >= 0.3 is 0 Å². The van der Waals surface area contributed by atoms with Crippen LogP contribution in [-0.4, -0.2) is 67.0 Å². The molecule has 2 aromatic heterocycles. The molecule has 1 unspecified atom stereocenters. The Morgan fingerprint density at radius 3 is 2.47 bits per heavy atom. The molecule has 0 saturated carbocycles. The van der Waals surface area contributed by atoms with Gasteiger partial charge in [0.1, 0.15) is 12.5 Å². The van der Waals surface area contributed by atoms with Crippen molar-refractivity contribution in [2.45, 2.75) is 77.9 Å². The Kier molecular flexibility index (Phi) is 13.1. The third kappa shape index (κ3) is 9.77. The van der Waals surface area contributed by atoms with Gasteiger partial charge in [-0.05, 0) is 73.0 Å². The second-order valence-electron chi connectivity index (χ2n) is 11.9. The maximum Gasteiger partial charge on any atom is 0.270 e. The lowest BCUT2D eigenvalue weighted by molar-refractivity contribution is -0.276. The average Bonchev–Trinajstić information content (AvgIpc) is 3.55. The number of fused-ring (bicyclic) bond motifs is 2. The molecule has 0 radical (unpaired) electrons. The topological polar surface area (TPSA) is 76.4 Å². The molecule has 0 bridgehead atoms. The molecule has 1 fully saturated rings. The molecule has 1 aliphatic rings. The molecule has 1 N–H and O–H groups in total. The number of unbranched alkanes of at least 4 members (excludes halogenated alkanes) is 7. The van der Waals surface area contributed by atoms with E-state index in [0.29, 0.717) is 24.5 Å². The van der Waals surface area contributed by atoms with Gasteiger partial charge in [0.15, 0.2) is 0 Å². The molecule has 5 rings (SSSR count). The Morgan fingerprint density at radius 2 is 1.62 bits per heavy atom. The predicted octanol–water partition coefficient (Wildman–Crippen LogP) is 7.21. The van der Waals surface area contributed by atoms with Gasteiger partial charge in [-0.3, -0.25) is 14.3 Å². The minimum Gasteiger partial charge on any atom is -0.494 e. The van der Waals surface area contributed by atoms with Gasteiger partial charge in [0.25, 0.3) is 12.0 Å². The van der Waals surface area contributed by atoms with Crippen LogP contribution in [0.3, 0.4) is 0 Å². The van der Waals surface area contributed by atoms with E-state index in [0.717, 1.165) is 63.8 Å². The van der Waals surface area contributed by atoms with Crippen LogP contribution in [0.1, 0.15) is 64.7 Å². The normalized spacial score (nSPS) is 14.8. The van der Waals surface area contributed by atoms with Crippen molar-refractivity contribution in [3.63, 3.8) is 0 Å². The van der Waals surface area contributed by atoms with Crippen molar-refractivity contribution in [3.05, 3.63) is 70.3 Å². The van der Waals surface area contributed by atoms with Crippen molar-refractivity contribution in [3.8, 4) is 5.75 Å². The summed E-state index contributed by atoms with van der Waals surface area (Å²) in [6, 6.07) is 17.9. The summed E-state index contributed by atoms with van der Waals surface area (Å²) >= 11 is 1.81. The first-order valence-electron chi connectivity index (χ1n) is 16.7. The number of anilines is 1. The number of hydrogen-bond donors (Lipinski definition) is 1. The molecule has 8 nitrogen and oxygen atoms in total. The number of aromatic nitrogens is 1. The lowest BCUT2D eigenvalue weighted by Gasteiger charge is -2.36. The minimum absolute atomic E-state index is 0.104. The van der Waals surface area contributed by atoms with E-state index >= 15 is 0 Å². The first-order valence-corrected chi connectivity index (χ1v) is 17.6. The number of rotatable bonds is 19. The van der Waals surface area contributed by atoms with Gasteiger partial charge in [0.05, 0.1) is 18.7 Å². The van der Waals surface area contributed by atoms with E-state index in [-0.39, 0.29) is 12.3 Å². The fraction of sp³-hybridized carbons (Fsp3) is 0.528. The Balaban J connectivity index is 1.01. The van der Waals surface area contributed by atoms with Crippen LogP contribution in [0, 0.1) is 0 Å². The van der Waals surface area contributed by atoms with E-state index in [9.17, 15) is 9.90 Å². The zero-order valence-electron chi connectivity index (χ0n) is 26.7. The Morgan fingerprint density at radius 1 is 0.844 bits per heavy atom. The highest BCUT2D eigenvalue weighted by Crippen LogP contribution is 2.31. The standard InChI is InChI=1S/C36H49N3O5S/c1-2-3-4-5-6-7-9-25-43-36(41)44-28-39-33-27-30(16-14-29(33)15-17-35(39)40)42-24-10-8-19-37-20-22-38(23-21-37)32-12-11-13-34-31(32)18-26-45-34/h11-18,26-27,36,41H,2-10,19-25,28H2,1H3. The molecule has 244 valence electrons. The van der Waals surface area contributed by atoms with E-state index in [1.807, 2.05) is 18.2 Å². The number of nitrogens with zero attached hydrogens (tertiary/aromatic N) is 3. The fourth-order valence-corrected chi connectivity index (χ4v) is 6.82. The largest absolute Gasteiger partial charge is 0.494 e. The number of benzene rings is 2. The van der Waals surface area contributed by atoms with Crippen LogP contribution < -0.4 is 15.2 Å². The Hall–Kier alpha value is -2.95. The van der Waals surface area contributed by atoms with Gasteiger partial charge < -0.3 is 24.2 Å². The summed E-state index contributed by atoms with van der Waals surface area (Å²) in [7, 11) is 0. The van der Waals surface area contributed by atoms with Gasteiger partial charge in [-0.1, -0.05) is 51.5 Å². The van der Waals surface area contributed by atoms with Gasteiger partial charge in [-0.15, -0.1) is 11.3 Å². The first kappa shape index (κ1) is 33.4. The smallest absolute Gasteiger partial charge is 0.270 e. The monoisotopic (exact) mass is 635 g/mol. The number of pyridine rings is 1. The van der Waals surface area contributed by atoms with Crippen molar-refractivity contribution < 1.29 is 19.3 Å². The number of thiophene rings is 1. The van der Waals surface area contributed by atoms with Crippen LogP contribution in [0.25, 0.3) is 21.0 Å². The molecule has 3 heterocycles. The SMILES string of the molecule is CCCCCCCCCOC(O)OCn1c(=O)ccc2ccc(OCCCCN3CCN(c4cccc5sccc45)CC3)cc21. The fourth-order valence-electron chi connectivity index (χ4n) is 6.01. The van der Waals surface area contributed by atoms with Crippen LogP contribution in [0.2, 0.25) is 0 Å². The highest BCUT2D eigenvalue weighted by molar-refractivity contribution is 7.17. The zero-order valence-corrected chi connectivity index (χ0v) is 27.5. The molecule has 45 heavy (non-hydrogen) atoms. The summed E-state index contributed by atoms with van der Waals surface area (Å²) in [5.74, 6) is 0.716. The highest BCUT2D eigenvalue weighted by Gasteiger charge is 2.18. The maximum absolute atomic E-state index is 12.7. The number of hydrogen-bond acceptors (Lipinski definition) is 8. The van der Waals surface area contributed by atoms with E-state index in [1.54, 1.807) is 17.4 Å². The molecule has 4 aromatic rings. The molecule has 0 amide bonds. The summed E-state index contributed by atoms with van der Waals surface area (Å²) < 4.78 is 19.8. The summed E-state index contributed by atoms with van der Waals surface area (Å²) in [6.07, 6.45) is 10.2. The van der Waals surface area contributed by atoms with E-state index in [1.165, 1.54) is 58.5 Å². The third-order valence-electron chi connectivity index (χ3n) is 8.64. The molecule has 1 aliphatic heterocycles. The van der Waals surface area contributed by atoms with Crippen molar-refractivity contribution in [1.29, 1.82) is 0 Å². The van der Waals surface area contributed by atoms with Crippen LogP contribution in [-0.2, 0) is 16.2 Å². The van der Waals surface area contributed by atoms with Crippen molar-refractivity contribution >= 4 is 38.0 Å². The second-order valence-corrected chi connectivity index (χ2v) is 12.9. The van der Waals surface area contributed by atoms with Crippen molar-refractivity contribution in [1.82, 2.24) is 9.47 Å². The van der Waals surface area contributed by atoms with E-state index in [2.05, 4.69) is 46.4 Å². The average molecular weight is 636 g/mol. The lowest BCUT2D eigenvalue weighted by atomic mass is 10.1. The van der Waals surface area contributed by atoms with Gasteiger partial charge in [0.2, 0.25) is 0 Å². The first-order chi connectivity index (χ1) is 22.1. The predicted molar refractivity (Wildman–Crippen MR) is 184 cm³/mol. The molecule has 1 saturated heterocycles. The molecular weight excluding hydrogens is 586 g/mol. The second kappa shape index (κ2) is 17.7. The summed E-state index contributed by atoms with van der Waals surface area (Å²) in [5, 5.41) is 14.6. The van der Waals surface area contributed by atoms with Crippen LogP contribution >= 0.6 is 11.3 Å². The lowest BCUT2D eigenvalue weighted by Crippen LogP contribution is -2.46. The molecule has 0 spiro atoms. The van der Waals surface area contributed by atoms with Crippen molar-refractivity contribution in [2.75, 3.05) is 50.8 Å². The number of piperazine rings is 1. The van der Waals surface area contributed by atoms with E-state index in [4.69, 9.17) is 14.2 Å². The number of aliphatic hydroxyl groups excluding tert-OH is 1. The van der Waals surface area contributed by atoms with E-state index < -0.39 is 6.48 Å². The molecule has 1 atom stereocenters. The number of aliphatic hydroxyl groups is 1. The molecular formula is C36H49N3O5S. The van der Waals surface area contributed by atoms with Crippen LogP contribution in [0.4, 0.5) is 5.69 Å². The quantitative estimate of drug-likeness (QED) is 0.0862. The summed E-state index contributed by atoms with van der Waals surface area (Å²) in [4.78, 5) is 17.7. The van der Waals surface area contributed by atoms with Gasteiger partial charge in [-0.2, -0.15) is 0 Å². The third-order valence-corrected chi connectivity index (χ3v) is 9.52. The Bertz CT molecular complexity index is 1510. The zero-order chi connectivity index (χ0) is 31.3. The van der Waals surface area contributed by atoms with Crippen LogP contribution in [0.5, 0.6) is 5.75 Å². The molecule has 2 aromatic carbocycles.